The van der Waals surface area contributed by atoms with Gasteiger partial charge in [0.25, 0.3) is 0 Å². The molecule has 1 aromatic rings. The van der Waals surface area contributed by atoms with E-state index in [1.165, 1.54) is 0 Å². The second-order valence-electron chi connectivity index (χ2n) is 4.00. The molecule has 0 amide bonds. The monoisotopic (exact) mass is 321 g/mol. The summed E-state index contributed by atoms with van der Waals surface area (Å²) in [7, 11) is -3.14. The van der Waals surface area contributed by atoms with Crippen molar-refractivity contribution in [1.82, 2.24) is 4.72 Å². The third-order valence-electron chi connectivity index (χ3n) is 2.28. The molecule has 1 rings (SSSR count). The quantitative estimate of drug-likeness (QED) is 0.521. The lowest BCUT2D eigenvalue weighted by Crippen LogP contribution is -2.24. The van der Waals surface area contributed by atoms with Crippen LogP contribution in [-0.2, 0) is 10.0 Å². The Labute approximate surface area is 123 Å². The Balaban J connectivity index is 2.53. The topological polar surface area (TPSA) is 84.2 Å². The fourth-order valence-corrected chi connectivity index (χ4v) is 2.31. The summed E-state index contributed by atoms with van der Waals surface area (Å²) in [6.45, 7) is 0.952. The maximum Gasteiger partial charge on any atom is 0.208 e. The minimum absolute atomic E-state index is 0.286. The van der Waals surface area contributed by atoms with Gasteiger partial charge in [0.1, 0.15) is 4.99 Å². The highest BCUT2D eigenvalue weighted by atomic mass is 35.5. The zero-order valence-electron chi connectivity index (χ0n) is 10.4. The molecule has 0 spiro atoms. The summed E-state index contributed by atoms with van der Waals surface area (Å²) in [6.07, 6.45) is 1.76. The van der Waals surface area contributed by atoms with Gasteiger partial charge < -0.3 is 11.1 Å². The van der Waals surface area contributed by atoms with Crippen molar-refractivity contribution in [3.8, 4) is 0 Å². The number of rotatable bonds is 7. The molecule has 0 heterocycles. The number of hydrogen-bond donors (Lipinski definition) is 3. The molecule has 8 heteroatoms. The second kappa shape index (κ2) is 7.04. The van der Waals surface area contributed by atoms with Gasteiger partial charge in [-0.1, -0.05) is 23.8 Å². The lowest BCUT2D eigenvalue weighted by Gasteiger charge is -2.11. The van der Waals surface area contributed by atoms with Crippen LogP contribution in [0.25, 0.3) is 0 Å². The highest BCUT2D eigenvalue weighted by molar-refractivity contribution is 7.88. The van der Waals surface area contributed by atoms with Crippen LogP contribution in [0.5, 0.6) is 0 Å². The van der Waals surface area contributed by atoms with Crippen molar-refractivity contribution in [1.29, 1.82) is 0 Å². The highest BCUT2D eigenvalue weighted by Crippen LogP contribution is 2.20. The van der Waals surface area contributed by atoms with Crippen molar-refractivity contribution in [3.05, 3.63) is 28.8 Å². The number of thiocarbonyl (C=S) groups is 1. The van der Waals surface area contributed by atoms with E-state index >= 15 is 0 Å². The number of halogens is 1. The Hall–Kier alpha value is -0.890. The van der Waals surface area contributed by atoms with Crippen molar-refractivity contribution in [2.24, 2.45) is 5.73 Å². The van der Waals surface area contributed by atoms with Crippen LogP contribution in [0.2, 0.25) is 5.02 Å². The van der Waals surface area contributed by atoms with E-state index in [1.807, 2.05) is 0 Å². The van der Waals surface area contributed by atoms with E-state index in [9.17, 15) is 8.42 Å². The molecule has 1 aromatic carbocycles. The van der Waals surface area contributed by atoms with Crippen molar-refractivity contribution in [2.75, 3.05) is 24.7 Å². The zero-order chi connectivity index (χ0) is 14.5. The van der Waals surface area contributed by atoms with Crippen molar-refractivity contribution in [2.45, 2.75) is 6.42 Å². The standard InChI is InChI=1S/C11H16ClN3O2S2/c1-19(16,17)15-6-2-5-14-10-7-8(12)3-4-9(10)11(13)18/h3-4,7,14-15H,2,5-6H2,1H3,(H2,13,18). The third-order valence-corrected chi connectivity index (χ3v) is 3.46. The van der Waals surface area contributed by atoms with E-state index in [4.69, 9.17) is 29.6 Å². The molecule has 0 aliphatic carbocycles. The van der Waals surface area contributed by atoms with Crippen LogP contribution in [0.4, 0.5) is 5.69 Å². The number of sulfonamides is 1. The molecule has 0 saturated carbocycles. The van der Waals surface area contributed by atoms with Gasteiger partial charge >= 0.3 is 0 Å². The molecular formula is C11H16ClN3O2S2. The van der Waals surface area contributed by atoms with Crippen LogP contribution in [0.15, 0.2) is 18.2 Å². The Morgan fingerprint density at radius 3 is 2.68 bits per heavy atom. The first kappa shape index (κ1) is 16.2. The average Bonchev–Trinajstić information content (AvgIpc) is 2.26. The first-order chi connectivity index (χ1) is 8.79. The van der Waals surface area contributed by atoms with E-state index in [2.05, 4.69) is 10.0 Å². The van der Waals surface area contributed by atoms with Crippen LogP contribution < -0.4 is 15.8 Å². The second-order valence-corrected chi connectivity index (χ2v) is 6.71. The molecule has 19 heavy (non-hydrogen) atoms. The zero-order valence-corrected chi connectivity index (χ0v) is 12.8. The molecule has 0 atom stereocenters. The van der Waals surface area contributed by atoms with Gasteiger partial charge in [0.2, 0.25) is 10.0 Å². The van der Waals surface area contributed by atoms with Gasteiger partial charge in [-0.25, -0.2) is 13.1 Å². The van der Waals surface area contributed by atoms with Crippen LogP contribution >= 0.6 is 23.8 Å². The van der Waals surface area contributed by atoms with Crippen molar-refractivity contribution < 1.29 is 8.42 Å². The van der Waals surface area contributed by atoms with Gasteiger partial charge in [0, 0.05) is 29.4 Å². The van der Waals surface area contributed by atoms with E-state index in [1.54, 1.807) is 18.2 Å². The van der Waals surface area contributed by atoms with E-state index in [-0.39, 0.29) is 4.99 Å². The minimum Gasteiger partial charge on any atom is -0.389 e. The Bertz CT molecular complexity index is 561. The van der Waals surface area contributed by atoms with Gasteiger partial charge in [-0.3, -0.25) is 0 Å². The molecule has 0 radical (unpaired) electrons. The largest absolute Gasteiger partial charge is 0.389 e. The number of benzene rings is 1. The lowest BCUT2D eigenvalue weighted by atomic mass is 10.1. The summed E-state index contributed by atoms with van der Waals surface area (Å²) in [5, 5.41) is 3.72. The van der Waals surface area contributed by atoms with Gasteiger partial charge in [-0.2, -0.15) is 0 Å². The molecule has 0 aliphatic heterocycles. The number of hydrogen-bond acceptors (Lipinski definition) is 4. The maximum absolute atomic E-state index is 10.9. The molecule has 4 N–H and O–H groups in total. The Morgan fingerprint density at radius 2 is 2.11 bits per heavy atom. The Kier molecular flexibility index (Phi) is 5.99. The number of nitrogens with two attached hydrogens (primary N) is 1. The summed E-state index contributed by atoms with van der Waals surface area (Å²) < 4.78 is 24.2. The van der Waals surface area contributed by atoms with Gasteiger partial charge in [-0.15, -0.1) is 0 Å². The highest BCUT2D eigenvalue weighted by Gasteiger charge is 2.05. The molecule has 0 fully saturated rings. The molecular weight excluding hydrogens is 306 g/mol. The molecule has 5 nitrogen and oxygen atoms in total. The summed E-state index contributed by atoms with van der Waals surface area (Å²) in [4.78, 5) is 0.286. The summed E-state index contributed by atoms with van der Waals surface area (Å²) >= 11 is 10.9. The van der Waals surface area contributed by atoms with E-state index in [0.29, 0.717) is 24.5 Å². The van der Waals surface area contributed by atoms with Gasteiger partial charge in [0.15, 0.2) is 0 Å². The van der Waals surface area contributed by atoms with Crippen LogP contribution in [0, 0.1) is 0 Å². The normalized spacial score (nSPS) is 11.3. The molecule has 0 aromatic heterocycles. The van der Waals surface area contributed by atoms with Gasteiger partial charge in [-0.05, 0) is 24.6 Å². The van der Waals surface area contributed by atoms with Crippen LogP contribution in [0.1, 0.15) is 12.0 Å². The molecule has 0 bridgehead atoms. The summed E-state index contributed by atoms with van der Waals surface area (Å²) in [6, 6.07) is 5.20. The van der Waals surface area contributed by atoms with Crippen LogP contribution in [0.3, 0.4) is 0 Å². The molecule has 0 unspecified atom stereocenters. The number of anilines is 1. The molecule has 0 aliphatic rings. The lowest BCUT2D eigenvalue weighted by molar-refractivity contribution is 0.586. The maximum atomic E-state index is 10.9. The smallest absolute Gasteiger partial charge is 0.208 e. The SMILES string of the molecule is CS(=O)(=O)NCCCNc1cc(Cl)ccc1C(N)=S. The summed E-state index contributed by atoms with van der Waals surface area (Å²) in [5.74, 6) is 0. The van der Waals surface area contributed by atoms with E-state index in [0.717, 1.165) is 17.5 Å². The summed E-state index contributed by atoms with van der Waals surface area (Å²) in [5.41, 5.74) is 7.08. The fourth-order valence-electron chi connectivity index (χ4n) is 1.45. The predicted octanol–water partition coefficient (Wildman–Crippen LogP) is 1.33. The minimum atomic E-state index is -3.14. The first-order valence-corrected chi connectivity index (χ1v) is 8.25. The predicted molar refractivity (Wildman–Crippen MR) is 83.3 cm³/mol. The Morgan fingerprint density at radius 1 is 1.42 bits per heavy atom. The van der Waals surface area contributed by atoms with E-state index < -0.39 is 10.0 Å². The fraction of sp³-hybridized carbons (Fsp3) is 0.364. The molecule has 0 saturated heterocycles. The third kappa shape index (κ3) is 6.20. The number of nitrogens with one attached hydrogen (secondary N) is 2. The molecule has 106 valence electrons. The van der Waals surface area contributed by atoms with Gasteiger partial charge in [0.05, 0.1) is 6.26 Å². The van der Waals surface area contributed by atoms with Crippen LogP contribution in [-0.4, -0.2) is 32.8 Å². The van der Waals surface area contributed by atoms with Crippen molar-refractivity contribution in [3.63, 3.8) is 0 Å². The van der Waals surface area contributed by atoms with Crippen molar-refractivity contribution >= 4 is 44.5 Å². The average molecular weight is 322 g/mol. The first-order valence-electron chi connectivity index (χ1n) is 5.57.